The molecule has 0 saturated carbocycles. The minimum absolute atomic E-state index is 0.143. The van der Waals surface area contributed by atoms with E-state index in [-0.39, 0.29) is 13.0 Å². The third kappa shape index (κ3) is 2.95. The molecule has 0 bridgehead atoms. The van der Waals surface area contributed by atoms with Gasteiger partial charge in [-0.25, -0.2) is 4.72 Å². The Bertz CT molecular complexity index is 465. The highest BCUT2D eigenvalue weighted by molar-refractivity contribution is 7.90. The SMILES string of the molecule is CNS(=O)(=O)N(CCC#N)c1ccccc1. The number of rotatable bonds is 5. The molecular weight excluding hydrogens is 226 g/mol. The molecule has 0 atom stereocenters. The first-order valence-corrected chi connectivity index (χ1v) is 6.19. The van der Waals surface area contributed by atoms with Crippen LogP contribution in [0.25, 0.3) is 0 Å². The molecule has 0 saturated heterocycles. The van der Waals surface area contributed by atoms with Crippen molar-refractivity contribution in [1.82, 2.24) is 4.72 Å². The van der Waals surface area contributed by atoms with E-state index >= 15 is 0 Å². The lowest BCUT2D eigenvalue weighted by atomic mass is 10.3. The average molecular weight is 239 g/mol. The highest BCUT2D eigenvalue weighted by Crippen LogP contribution is 2.16. The Labute approximate surface area is 95.5 Å². The molecule has 5 nitrogen and oxygen atoms in total. The van der Waals surface area contributed by atoms with Gasteiger partial charge in [0.15, 0.2) is 0 Å². The van der Waals surface area contributed by atoms with Crippen LogP contribution in [0.2, 0.25) is 0 Å². The maximum atomic E-state index is 11.7. The minimum atomic E-state index is -3.55. The Morgan fingerprint density at radius 3 is 2.50 bits per heavy atom. The number of nitrogens with one attached hydrogen (secondary N) is 1. The Kier molecular flexibility index (Phi) is 4.28. The van der Waals surface area contributed by atoms with E-state index in [4.69, 9.17) is 5.26 Å². The van der Waals surface area contributed by atoms with Gasteiger partial charge in [0, 0.05) is 13.6 Å². The monoisotopic (exact) mass is 239 g/mol. The molecule has 6 heteroatoms. The molecule has 1 aromatic rings. The second-order valence-corrected chi connectivity index (χ2v) is 4.82. The van der Waals surface area contributed by atoms with Crippen molar-refractivity contribution in [2.75, 3.05) is 17.9 Å². The summed E-state index contributed by atoms with van der Waals surface area (Å²) in [5.74, 6) is 0. The lowest BCUT2D eigenvalue weighted by Crippen LogP contribution is -2.39. The van der Waals surface area contributed by atoms with Gasteiger partial charge in [-0.3, -0.25) is 4.31 Å². The molecule has 0 aliphatic rings. The lowest BCUT2D eigenvalue weighted by molar-refractivity contribution is 0.583. The molecule has 86 valence electrons. The largest absolute Gasteiger partial charge is 0.301 e. The summed E-state index contributed by atoms with van der Waals surface area (Å²) in [4.78, 5) is 0. The molecule has 1 N–H and O–H groups in total. The van der Waals surface area contributed by atoms with Crippen molar-refractivity contribution in [3.05, 3.63) is 30.3 Å². The van der Waals surface area contributed by atoms with E-state index in [1.807, 2.05) is 6.07 Å². The number of nitrogens with zero attached hydrogens (tertiary/aromatic N) is 2. The first-order chi connectivity index (χ1) is 7.61. The van der Waals surface area contributed by atoms with Crippen molar-refractivity contribution in [3.63, 3.8) is 0 Å². The van der Waals surface area contributed by atoms with Gasteiger partial charge >= 0.3 is 10.2 Å². The Hall–Kier alpha value is -1.58. The number of anilines is 1. The minimum Gasteiger partial charge on any atom is -0.257 e. The van der Waals surface area contributed by atoms with E-state index in [0.717, 1.165) is 0 Å². The summed E-state index contributed by atoms with van der Waals surface area (Å²) < 4.78 is 26.8. The van der Waals surface area contributed by atoms with Gasteiger partial charge in [-0.05, 0) is 12.1 Å². The van der Waals surface area contributed by atoms with Gasteiger partial charge in [-0.1, -0.05) is 18.2 Å². The molecule has 0 heterocycles. The van der Waals surface area contributed by atoms with Gasteiger partial charge in [-0.2, -0.15) is 13.7 Å². The molecule has 1 rings (SSSR count). The van der Waals surface area contributed by atoms with Crippen molar-refractivity contribution in [2.24, 2.45) is 0 Å². The van der Waals surface area contributed by atoms with Crippen LogP contribution >= 0.6 is 0 Å². The van der Waals surface area contributed by atoms with Gasteiger partial charge < -0.3 is 0 Å². The van der Waals surface area contributed by atoms with E-state index < -0.39 is 10.2 Å². The summed E-state index contributed by atoms with van der Waals surface area (Å²) in [6, 6.07) is 10.6. The molecule has 0 aromatic heterocycles. The first-order valence-electron chi connectivity index (χ1n) is 4.75. The third-order valence-electron chi connectivity index (χ3n) is 2.02. The van der Waals surface area contributed by atoms with Crippen molar-refractivity contribution >= 4 is 15.9 Å². The van der Waals surface area contributed by atoms with Crippen molar-refractivity contribution < 1.29 is 8.42 Å². The summed E-state index contributed by atoms with van der Waals surface area (Å²) in [7, 11) is -2.21. The standard InChI is InChI=1S/C10H13N3O2S/c1-12-16(14,15)13(9-5-8-11)10-6-3-2-4-7-10/h2-4,6-7,12H,5,9H2,1H3. The van der Waals surface area contributed by atoms with Gasteiger partial charge in [0.2, 0.25) is 0 Å². The average Bonchev–Trinajstić information content (AvgIpc) is 2.31. The molecule has 0 aliphatic heterocycles. The highest BCUT2D eigenvalue weighted by atomic mass is 32.2. The van der Waals surface area contributed by atoms with Gasteiger partial charge in [-0.15, -0.1) is 0 Å². The van der Waals surface area contributed by atoms with Crippen LogP contribution in [0.5, 0.6) is 0 Å². The van der Waals surface area contributed by atoms with E-state index in [1.165, 1.54) is 11.4 Å². The molecule has 0 fully saturated rings. The number of benzene rings is 1. The van der Waals surface area contributed by atoms with Crippen molar-refractivity contribution in [1.29, 1.82) is 5.26 Å². The maximum Gasteiger partial charge on any atom is 0.301 e. The quantitative estimate of drug-likeness (QED) is 0.828. The van der Waals surface area contributed by atoms with E-state index in [2.05, 4.69) is 4.72 Å². The van der Waals surface area contributed by atoms with Crippen molar-refractivity contribution in [2.45, 2.75) is 6.42 Å². The van der Waals surface area contributed by atoms with E-state index in [1.54, 1.807) is 30.3 Å². The number of hydrogen-bond donors (Lipinski definition) is 1. The summed E-state index contributed by atoms with van der Waals surface area (Å²) in [5.41, 5.74) is 0.548. The van der Waals surface area contributed by atoms with Crippen LogP contribution in [-0.2, 0) is 10.2 Å². The van der Waals surface area contributed by atoms with Crippen LogP contribution < -0.4 is 9.03 Å². The Balaban J connectivity index is 3.03. The van der Waals surface area contributed by atoms with Gasteiger partial charge in [0.05, 0.1) is 18.2 Å². The van der Waals surface area contributed by atoms with Crippen LogP contribution in [-0.4, -0.2) is 22.0 Å². The predicted molar refractivity (Wildman–Crippen MR) is 62.0 cm³/mol. The smallest absolute Gasteiger partial charge is 0.257 e. The molecule has 0 amide bonds. The third-order valence-corrected chi connectivity index (χ3v) is 3.51. The van der Waals surface area contributed by atoms with Crippen LogP contribution in [0.3, 0.4) is 0 Å². The predicted octanol–water partition coefficient (Wildman–Crippen LogP) is 0.871. The van der Waals surface area contributed by atoms with Crippen LogP contribution in [0.15, 0.2) is 30.3 Å². The normalized spacial score (nSPS) is 10.8. The molecule has 16 heavy (non-hydrogen) atoms. The first kappa shape index (κ1) is 12.5. The summed E-state index contributed by atoms with van der Waals surface area (Å²) in [5, 5.41) is 8.51. The molecule has 0 spiro atoms. The number of hydrogen-bond acceptors (Lipinski definition) is 3. The van der Waals surface area contributed by atoms with Crippen LogP contribution in [0, 0.1) is 11.3 Å². The fraction of sp³-hybridized carbons (Fsp3) is 0.300. The number of para-hydroxylation sites is 1. The molecule has 0 radical (unpaired) electrons. The van der Waals surface area contributed by atoms with Gasteiger partial charge in [0.25, 0.3) is 0 Å². The molecule has 0 unspecified atom stereocenters. The number of nitriles is 1. The zero-order valence-corrected chi connectivity index (χ0v) is 9.74. The van der Waals surface area contributed by atoms with Crippen molar-refractivity contribution in [3.8, 4) is 6.07 Å². The maximum absolute atomic E-state index is 11.7. The van der Waals surface area contributed by atoms with Crippen LogP contribution in [0.1, 0.15) is 6.42 Å². The summed E-state index contributed by atoms with van der Waals surface area (Å²) in [6.07, 6.45) is 0.149. The van der Waals surface area contributed by atoms with Gasteiger partial charge in [0.1, 0.15) is 0 Å². The second kappa shape index (κ2) is 5.49. The second-order valence-electron chi connectivity index (χ2n) is 3.02. The fourth-order valence-corrected chi connectivity index (χ4v) is 2.20. The van der Waals surface area contributed by atoms with E-state index in [9.17, 15) is 8.42 Å². The zero-order chi connectivity index (χ0) is 12.0. The summed E-state index contributed by atoms with van der Waals surface area (Å²) >= 11 is 0. The molecule has 0 aliphatic carbocycles. The lowest BCUT2D eigenvalue weighted by Gasteiger charge is -2.22. The zero-order valence-electron chi connectivity index (χ0n) is 8.92. The topological polar surface area (TPSA) is 73.2 Å². The Morgan fingerprint density at radius 2 is 2.00 bits per heavy atom. The molecular formula is C10H13N3O2S. The Morgan fingerprint density at radius 1 is 1.38 bits per heavy atom. The fourth-order valence-electron chi connectivity index (χ4n) is 1.24. The summed E-state index contributed by atoms with van der Waals surface area (Å²) in [6.45, 7) is 0.143. The van der Waals surface area contributed by atoms with Crippen LogP contribution in [0.4, 0.5) is 5.69 Å². The van der Waals surface area contributed by atoms with E-state index in [0.29, 0.717) is 5.69 Å². The molecule has 1 aromatic carbocycles. The highest BCUT2D eigenvalue weighted by Gasteiger charge is 2.19.